The number of rotatable bonds is 5. The van der Waals surface area contributed by atoms with E-state index >= 15 is 0 Å². The molecule has 0 radical (unpaired) electrons. The zero-order valence-electron chi connectivity index (χ0n) is 6.96. The van der Waals surface area contributed by atoms with Crippen molar-refractivity contribution in [2.45, 2.75) is 19.4 Å². The van der Waals surface area contributed by atoms with Gasteiger partial charge in [0.1, 0.15) is 6.61 Å². The minimum atomic E-state index is -0.187. The molecule has 1 amide bonds. The summed E-state index contributed by atoms with van der Waals surface area (Å²) < 4.78 is 4.60. The third-order valence-corrected chi connectivity index (χ3v) is 1.35. The lowest BCUT2D eigenvalue weighted by Gasteiger charge is -2.12. The van der Waals surface area contributed by atoms with Gasteiger partial charge in [-0.05, 0) is 6.42 Å². The average Bonchev–Trinajstić information content (AvgIpc) is 2.01. The second-order valence-electron chi connectivity index (χ2n) is 2.29. The monoisotopic (exact) mass is 161 g/mol. The zero-order chi connectivity index (χ0) is 8.69. The van der Waals surface area contributed by atoms with Gasteiger partial charge in [0.15, 0.2) is 0 Å². The number of aliphatic hydroxyl groups is 1. The van der Waals surface area contributed by atoms with Crippen LogP contribution in [0.3, 0.4) is 0 Å². The van der Waals surface area contributed by atoms with E-state index in [1.807, 2.05) is 6.92 Å². The molecule has 0 aliphatic heterocycles. The van der Waals surface area contributed by atoms with Crippen molar-refractivity contribution in [2.75, 3.05) is 20.3 Å². The molecule has 0 aromatic heterocycles. The Morgan fingerprint density at radius 1 is 1.73 bits per heavy atom. The minimum absolute atomic E-state index is 0.0219. The van der Waals surface area contributed by atoms with Gasteiger partial charge in [-0.3, -0.25) is 4.79 Å². The average molecular weight is 161 g/mol. The summed E-state index contributed by atoms with van der Waals surface area (Å²) >= 11 is 0. The van der Waals surface area contributed by atoms with Crippen LogP contribution in [-0.2, 0) is 9.53 Å². The molecule has 11 heavy (non-hydrogen) atoms. The third-order valence-electron chi connectivity index (χ3n) is 1.35. The van der Waals surface area contributed by atoms with Crippen LogP contribution in [0.15, 0.2) is 0 Å². The van der Waals surface area contributed by atoms with E-state index in [0.717, 1.165) is 6.42 Å². The topological polar surface area (TPSA) is 58.6 Å². The Kier molecular flexibility index (Phi) is 5.78. The van der Waals surface area contributed by atoms with E-state index in [2.05, 4.69) is 10.1 Å². The Morgan fingerprint density at radius 2 is 2.36 bits per heavy atom. The molecule has 66 valence electrons. The highest BCUT2D eigenvalue weighted by atomic mass is 16.5. The molecule has 0 aliphatic rings. The van der Waals surface area contributed by atoms with E-state index in [1.54, 1.807) is 0 Å². The predicted molar refractivity (Wildman–Crippen MR) is 41.2 cm³/mol. The number of hydrogen-bond acceptors (Lipinski definition) is 3. The molecule has 1 unspecified atom stereocenters. The molecule has 0 saturated heterocycles. The number of methoxy groups -OCH3 is 1. The van der Waals surface area contributed by atoms with Gasteiger partial charge in [0.05, 0.1) is 12.6 Å². The lowest BCUT2D eigenvalue weighted by atomic mass is 10.2. The standard InChI is InChI=1S/C7H15NO3/c1-3-6(4-9)8-7(10)5-11-2/h6,9H,3-5H2,1-2H3,(H,8,10). The SMILES string of the molecule is CCC(CO)NC(=O)COC. The zero-order valence-corrected chi connectivity index (χ0v) is 6.96. The molecule has 0 spiro atoms. The van der Waals surface area contributed by atoms with Crippen LogP contribution >= 0.6 is 0 Å². The van der Waals surface area contributed by atoms with Gasteiger partial charge in [-0.25, -0.2) is 0 Å². The Hall–Kier alpha value is -0.610. The number of ether oxygens (including phenoxy) is 1. The first-order chi connectivity index (χ1) is 5.24. The van der Waals surface area contributed by atoms with Crippen LogP contribution in [0, 0.1) is 0 Å². The van der Waals surface area contributed by atoms with Gasteiger partial charge in [0.25, 0.3) is 0 Å². The number of hydrogen-bond donors (Lipinski definition) is 2. The second-order valence-corrected chi connectivity index (χ2v) is 2.29. The molecule has 0 aromatic carbocycles. The van der Waals surface area contributed by atoms with Crippen LogP contribution in [0.4, 0.5) is 0 Å². The highest BCUT2D eigenvalue weighted by Crippen LogP contribution is 1.87. The Morgan fingerprint density at radius 3 is 2.73 bits per heavy atom. The van der Waals surface area contributed by atoms with Gasteiger partial charge in [-0.2, -0.15) is 0 Å². The molecule has 0 heterocycles. The van der Waals surface area contributed by atoms with Crippen LogP contribution in [-0.4, -0.2) is 37.4 Å². The lowest BCUT2D eigenvalue weighted by Crippen LogP contribution is -2.38. The summed E-state index contributed by atoms with van der Waals surface area (Å²) in [5.74, 6) is -0.187. The van der Waals surface area contributed by atoms with E-state index in [4.69, 9.17) is 5.11 Å². The first-order valence-electron chi connectivity index (χ1n) is 3.63. The largest absolute Gasteiger partial charge is 0.394 e. The van der Waals surface area contributed by atoms with E-state index in [9.17, 15) is 4.79 Å². The molecule has 0 bridgehead atoms. The normalized spacial score (nSPS) is 12.6. The second kappa shape index (κ2) is 6.12. The van der Waals surface area contributed by atoms with Crippen molar-refractivity contribution < 1.29 is 14.6 Å². The quantitative estimate of drug-likeness (QED) is 0.572. The minimum Gasteiger partial charge on any atom is -0.394 e. The molecule has 0 fully saturated rings. The summed E-state index contributed by atoms with van der Waals surface area (Å²) in [6.45, 7) is 1.93. The van der Waals surface area contributed by atoms with Crippen molar-refractivity contribution >= 4 is 5.91 Å². The van der Waals surface area contributed by atoms with Crippen LogP contribution < -0.4 is 5.32 Å². The van der Waals surface area contributed by atoms with E-state index in [1.165, 1.54) is 7.11 Å². The van der Waals surface area contributed by atoms with E-state index in [0.29, 0.717) is 0 Å². The van der Waals surface area contributed by atoms with Crippen molar-refractivity contribution in [3.8, 4) is 0 Å². The molecule has 2 N–H and O–H groups in total. The highest BCUT2D eigenvalue weighted by molar-refractivity contribution is 5.77. The van der Waals surface area contributed by atoms with Gasteiger partial charge < -0.3 is 15.2 Å². The summed E-state index contributed by atoms with van der Waals surface area (Å²) in [4.78, 5) is 10.8. The molecule has 4 heteroatoms. The molecule has 0 rings (SSSR count). The molecule has 4 nitrogen and oxygen atoms in total. The first-order valence-corrected chi connectivity index (χ1v) is 3.63. The van der Waals surface area contributed by atoms with Crippen LogP contribution in [0.25, 0.3) is 0 Å². The number of nitrogens with one attached hydrogen (secondary N) is 1. The van der Waals surface area contributed by atoms with Gasteiger partial charge >= 0.3 is 0 Å². The molecule has 0 saturated carbocycles. The summed E-state index contributed by atoms with van der Waals surface area (Å²) in [7, 11) is 1.46. The third kappa shape index (κ3) is 4.75. The summed E-state index contributed by atoms with van der Waals surface area (Å²) in [5, 5.41) is 11.3. The Labute approximate surface area is 66.5 Å². The van der Waals surface area contributed by atoms with Crippen molar-refractivity contribution in [3.63, 3.8) is 0 Å². The van der Waals surface area contributed by atoms with Crippen LogP contribution in [0.1, 0.15) is 13.3 Å². The van der Waals surface area contributed by atoms with Crippen LogP contribution in [0.5, 0.6) is 0 Å². The lowest BCUT2D eigenvalue weighted by molar-refractivity contribution is -0.125. The maximum atomic E-state index is 10.8. The fourth-order valence-electron chi connectivity index (χ4n) is 0.677. The Bertz CT molecular complexity index is 112. The molecule has 0 aliphatic carbocycles. The number of carbonyl (C=O) groups excluding carboxylic acids is 1. The van der Waals surface area contributed by atoms with Gasteiger partial charge in [-0.15, -0.1) is 0 Å². The first kappa shape index (κ1) is 10.4. The fraction of sp³-hybridized carbons (Fsp3) is 0.857. The van der Waals surface area contributed by atoms with E-state index in [-0.39, 0.29) is 25.2 Å². The number of carbonyl (C=O) groups is 1. The fourth-order valence-corrected chi connectivity index (χ4v) is 0.677. The van der Waals surface area contributed by atoms with Crippen molar-refractivity contribution in [3.05, 3.63) is 0 Å². The van der Waals surface area contributed by atoms with Crippen molar-refractivity contribution in [1.29, 1.82) is 0 Å². The van der Waals surface area contributed by atoms with Crippen molar-refractivity contribution in [1.82, 2.24) is 5.32 Å². The van der Waals surface area contributed by atoms with Gasteiger partial charge in [-0.1, -0.05) is 6.92 Å². The summed E-state index contributed by atoms with van der Waals surface area (Å²) in [6.07, 6.45) is 0.728. The molecular formula is C7H15NO3. The van der Waals surface area contributed by atoms with E-state index < -0.39 is 0 Å². The number of amides is 1. The predicted octanol–water partition coefficient (Wildman–Crippen LogP) is -0.480. The smallest absolute Gasteiger partial charge is 0.246 e. The summed E-state index contributed by atoms with van der Waals surface area (Å²) in [6, 6.07) is -0.141. The van der Waals surface area contributed by atoms with Crippen LogP contribution in [0.2, 0.25) is 0 Å². The Balaban J connectivity index is 3.54. The molecule has 1 atom stereocenters. The maximum Gasteiger partial charge on any atom is 0.246 e. The highest BCUT2D eigenvalue weighted by Gasteiger charge is 2.07. The number of aliphatic hydroxyl groups excluding tert-OH is 1. The van der Waals surface area contributed by atoms with Crippen molar-refractivity contribution in [2.24, 2.45) is 0 Å². The summed E-state index contributed by atoms with van der Waals surface area (Å²) in [5.41, 5.74) is 0. The van der Waals surface area contributed by atoms with Gasteiger partial charge in [0, 0.05) is 7.11 Å². The molecular weight excluding hydrogens is 146 g/mol. The van der Waals surface area contributed by atoms with Gasteiger partial charge in [0.2, 0.25) is 5.91 Å². The molecule has 0 aromatic rings. The maximum absolute atomic E-state index is 10.8.